The number of pyridine rings is 1. The van der Waals surface area contributed by atoms with Crippen molar-refractivity contribution in [2.24, 2.45) is 7.05 Å². The normalized spacial score (nSPS) is 10.4. The van der Waals surface area contributed by atoms with E-state index < -0.39 is 0 Å². The Morgan fingerprint density at radius 2 is 2.38 bits per heavy atom. The number of aromatic nitrogens is 4. The van der Waals surface area contributed by atoms with Gasteiger partial charge in [0.15, 0.2) is 0 Å². The summed E-state index contributed by atoms with van der Waals surface area (Å²) in [7, 11) is 1.93. The van der Waals surface area contributed by atoms with E-state index in [0.29, 0.717) is 5.02 Å². The maximum absolute atomic E-state index is 5.96. The van der Waals surface area contributed by atoms with Gasteiger partial charge in [-0.2, -0.15) is 0 Å². The standard InChI is InChI=1S/C10H12ClN5/c1-16-7-14-15-10(16)3-5-13-9-2-4-12-6-8(9)11/h2,4,6-7H,3,5H2,1H3,(H,12,13). The number of hydrogen-bond acceptors (Lipinski definition) is 4. The molecule has 0 radical (unpaired) electrons. The Kier molecular flexibility index (Phi) is 3.36. The summed E-state index contributed by atoms with van der Waals surface area (Å²) in [5, 5.41) is 11.7. The predicted octanol–water partition coefficient (Wildman–Crippen LogP) is 1.52. The van der Waals surface area contributed by atoms with Gasteiger partial charge in [0.25, 0.3) is 0 Å². The van der Waals surface area contributed by atoms with Gasteiger partial charge in [0, 0.05) is 32.4 Å². The molecule has 0 aliphatic rings. The fourth-order valence-corrected chi connectivity index (χ4v) is 1.55. The SMILES string of the molecule is Cn1cnnc1CCNc1ccncc1Cl. The summed E-state index contributed by atoms with van der Waals surface area (Å²) in [4.78, 5) is 3.92. The van der Waals surface area contributed by atoms with Crippen LogP contribution in [0.15, 0.2) is 24.8 Å². The van der Waals surface area contributed by atoms with Crippen LogP contribution < -0.4 is 5.32 Å². The van der Waals surface area contributed by atoms with Gasteiger partial charge in [0.1, 0.15) is 12.2 Å². The van der Waals surface area contributed by atoms with Crippen LogP contribution in [0.4, 0.5) is 5.69 Å². The van der Waals surface area contributed by atoms with Crippen LogP contribution in [0.1, 0.15) is 5.82 Å². The molecular formula is C10H12ClN5. The Labute approximate surface area is 98.5 Å². The second-order valence-corrected chi connectivity index (χ2v) is 3.80. The third-order valence-electron chi connectivity index (χ3n) is 2.24. The van der Waals surface area contributed by atoms with Crippen molar-refractivity contribution in [1.82, 2.24) is 19.7 Å². The fourth-order valence-electron chi connectivity index (χ4n) is 1.36. The van der Waals surface area contributed by atoms with Crippen molar-refractivity contribution in [3.8, 4) is 0 Å². The van der Waals surface area contributed by atoms with Gasteiger partial charge < -0.3 is 9.88 Å². The van der Waals surface area contributed by atoms with Crippen molar-refractivity contribution in [2.45, 2.75) is 6.42 Å². The van der Waals surface area contributed by atoms with E-state index in [1.807, 2.05) is 17.7 Å². The predicted molar refractivity (Wildman–Crippen MR) is 62.4 cm³/mol. The van der Waals surface area contributed by atoms with Gasteiger partial charge in [-0.3, -0.25) is 4.98 Å². The molecule has 0 atom stereocenters. The quantitative estimate of drug-likeness (QED) is 0.876. The minimum atomic E-state index is 0.625. The van der Waals surface area contributed by atoms with Crippen molar-refractivity contribution in [1.29, 1.82) is 0 Å². The lowest BCUT2D eigenvalue weighted by atomic mass is 10.3. The number of nitrogens with one attached hydrogen (secondary N) is 1. The van der Waals surface area contributed by atoms with E-state index >= 15 is 0 Å². The first-order valence-corrected chi connectivity index (χ1v) is 5.31. The Bertz CT molecular complexity index is 468. The Morgan fingerprint density at radius 1 is 1.50 bits per heavy atom. The summed E-state index contributed by atoms with van der Waals surface area (Å²) >= 11 is 5.96. The topological polar surface area (TPSA) is 55.6 Å². The van der Waals surface area contributed by atoms with Crippen molar-refractivity contribution >= 4 is 17.3 Å². The molecule has 0 saturated heterocycles. The summed E-state index contributed by atoms with van der Waals surface area (Å²) in [5.41, 5.74) is 0.888. The summed E-state index contributed by atoms with van der Waals surface area (Å²) in [5.74, 6) is 0.942. The molecule has 0 aliphatic heterocycles. The number of hydrogen-bond donors (Lipinski definition) is 1. The molecule has 1 N–H and O–H groups in total. The molecule has 0 bridgehead atoms. The number of nitrogens with zero attached hydrogens (tertiary/aromatic N) is 4. The van der Waals surface area contributed by atoms with Crippen LogP contribution in [-0.2, 0) is 13.5 Å². The molecule has 2 rings (SSSR count). The first kappa shape index (κ1) is 10.9. The van der Waals surface area contributed by atoms with E-state index in [0.717, 1.165) is 24.5 Å². The van der Waals surface area contributed by atoms with E-state index in [1.165, 1.54) is 0 Å². The molecule has 84 valence electrons. The molecule has 0 unspecified atom stereocenters. The molecule has 0 amide bonds. The van der Waals surface area contributed by atoms with Crippen molar-refractivity contribution in [3.63, 3.8) is 0 Å². The van der Waals surface area contributed by atoms with E-state index in [1.54, 1.807) is 18.7 Å². The highest BCUT2D eigenvalue weighted by Crippen LogP contribution is 2.18. The molecule has 16 heavy (non-hydrogen) atoms. The number of halogens is 1. The Morgan fingerprint density at radius 3 is 3.06 bits per heavy atom. The van der Waals surface area contributed by atoms with Crippen LogP contribution >= 0.6 is 11.6 Å². The molecule has 2 heterocycles. The highest BCUT2D eigenvalue weighted by atomic mass is 35.5. The minimum Gasteiger partial charge on any atom is -0.383 e. The number of anilines is 1. The number of rotatable bonds is 4. The molecule has 2 aromatic heterocycles. The van der Waals surface area contributed by atoms with Crippen molar-refractivity contribution in [3.05, 3.63) is 35.6 Å². The van der Waals surface area contributed by atoms with E-state index in [2.05, 4.69) is 20.5 Å². The average molecular weight is 238 g/mol. The summed E-state index contributed by atoms with van der Waals surface area (Å²) in [6.07, 6.45) is 5.81. The van der Waals surface area contributed by atoms with Crippen LogP contribution in [0.2, 0.25) is 5.02 Å². The Balaban J connectivity index is 1.89. The van der Waals surface area contributed by atoms with Crippen LogP contribution in [0, 0.1) is 0 Å². The van der Waals surface area contributed by atoms with Gasteiger partial charge in [-0.1, -0.05) is 11.6 Å². The molecule has 6 heteroatoms. The van der Waals surface area contributed by atoms with Crippen molar-refractivity contribution in [2.75, 3.05) is 11.9 Å². The van der Waals surface area contributed by atoms with Gasteiger partial charge in [0.2, 0.25) is 0 Å². The lowest BCUT2D eigenvalue weighted by molar-refractivity contribution is 0.788. The van der Waals surface area contributed by atoms with Crippen LogP contribution in [-0.4, -0.2) is 26.3 Å². The summed E-state index contributed by atoms with van der Waals surface area (Å²) < 4.78 is 1.90. The molecular weight excluding hydrogens is 226 g/mol. The van der Waals surface area contributed by atoms with E-state index in [4.69, 9.17) is 11.6 Å². The third-order valence-corrected chi connectivity index (χ3v) is 2.54. The molecule has 0 spiro atoms. The highest BCUT2D eigenvalue weighted by molar-refractivity contribution is 6.33. The first-order chi connectivity index (χ1) is 7.77. The molecule has 0 fully saturated rings. The van der Waals surface area contributed by atoms with Crippen LogP contribution in [0.5, 0.6) is 0 Å². The zero-order valence-corrected chi connectivity index (χ0v) is 9.65. The molecule has 0 saturated carbocycles. The van der Waals surface area contributed by atoms with E-state index in [9.17, 15) is 0 Å². The van der Waals surface area contributed by atoms with E-state index in [-0.39, 0.29) is 0 Å². The Hall–Kier alpha value is -1.62. The van der Waals surface area contributed by atoms with Crippen LogP contribution in [0.3, 0.4) is 0 Å². The maximum atomic E-state index is 5.96. The number of aryl methyl sites for hydroxylation is 1. The summed E-state index contributed by atoms with van der Waals surface area (Å²) in [6.45, 7) is 0.760. The largest absolute Gasteiger partial charge is 0.383 e. The highest BCUT2D eigenvalue weighted by Gasteiger charge is 2.01. The van der Waals surface area contributed by atoms with Gasteiger partial charge in [-0.15, -0.1) is 10.2 Å². The monoisotopic (exact) mass is 237 g/mol. The molecule has 0 aromatic carbocycles. The molecule has 0 aliphatic carbocycles. The molecule has 5 nitrogen and oxygen atoms in total. The zero-order valence-electron chi connectivity index (χ0n) is 8.89. The van der Waals surface area contributed by atoms with Gasteiger partial charge in [-0.25, -0.2) is 0 Å². The average Bonchev–Trinajstić information content (AvgIpc) is 2.67. The minimum absolute atomic E-state index is 0.625. The fraction of sp³-hybridized carbons (Fsp3) is 0.300. The first-order valence-electron chi connectivity index (χ1n) is 4.93. The van der Waals surface area contributed by atoms with Crippen LogP contribution in [0.25, 0.3) is 0 Å². The van der Waals surface area contributed by atoms with Gasteiger partial charge in [-0.05, 0) is 6.07 Å². The third kappa shape index (κ3) is 2.49. The van der Waals surface area contributed by atoms with Gasteiger partial charge >= 0.3 is 0 Å². The lowest BCUT2D eigenvalue weighted by Crippen LogP contribution is -2.08. The smallest absolute Gasteiger partial charge is 0.134 e. The zero-order chi connectivity index (χ0) is 11.4. The van der Waals surface area contributed by atoms with Gasteiger partial charge in [0.05, 0.1) is 10.7 Å². The van der Waals surface area contributed by atoms with Crippen molar-refractivity contribution < 1.29 is 0 Å². The second-order valence-electron chi connectivity index (χ2n) is 3.39. The maximum Gasteiger partial charge on any atom is 0.134 e. The lowest BCUT2D eigenvalue weighted by Gasteiger charge is -2.06. The molecule has 2 aromatic rings. The summed E-state index contributed by atoms with van der Waals surface area (Å²) in [6, 6.07) is 1.85. The second kappa shape index (κ2) is 4.94.